The zero-order valence-electron chi connectivity index (χ0n) is 14.6. The second-order valence-electron chi connectivity index (χ2n) is 6.10. The first-order valence-corrected chi connectivity index (χ1v) is 8.97. The summed E-state index contributed by atoms with van der Waals surface area (Å²) in [5, 5.41) is 3.52. The van der Waals surface area contributed by atoms with E-state index in [4.69, 9.17) is 11.6 Å². The highest BCUT2D eigenvalue weighted by Crippen LogP contribution is 2.15. The van der Waals surface area contributed by atoms with Gasteiger partial charge in [-0.05, 0) is 54.3 Å². The number of carbonyl (C=O) groups is 1. The molecule has 26 heavy (non-hydrogen) atoms. The summed E-state index contributed by atoms with van der Waals surface area (Å²) < 4.78 is 0. The Labute approximate surface area is 158 Å². The first kappa shape index (κ1) is 18.1. The van der Waals surface area contributed by atoms with Gasteiger partial charge in [-0.15, -0.1) is 0 Å². The van der Waals surface area contributed by atoms with Crippen LogP contribution in [-0.4, -0.2) is 15.9 Å². The van der Waals surface area contributed by atoms with Crippen molar-refractivity contribution >= 4 is 23.3 Å². The molecule has 0 bridgehead atoms. The standard InChI is InChI=1S/C21H20ClN3O/c1-2-4-19-9-8-17(14-23-19)21(26)25-20-10-7-16(13-24-20)11-15-5-3-6-18(22)12-15/h3,5-10,12-14H,2,4,11H2,1H3,(H,24,25,26). The normalized spacial score (nSPS) is 10.5. The molecular weight excluding hydrogens is 346 g/mol. The summed E-state index contributed by atoms with van der Waals surface area (Å²) >= 11 is 6.01. The Hall–Kier alpha value is -2.72. The van der Waals surface area contributed by atoms with Crippen molar-refractivity contribution in [2.24, 2.45) is 0 Å². The summed E-state index contributed by atoms with van der Waals surface area (Å²) in [5.41, 5.74) is 3.69. The summed E-state index contributed by atoms with van der Waals surface area (Å²) in [4.78, 5) is 20.9. The van der Waals surface area contributed by atoms with Crippen LogP contribution in [0, 0.1) is 0 Å². The lowest BCUT2D eigenvalue weighted by molar-refractivity contribution is 0.102. The van der Waals surface area contributed by atoms with Crippen LogP contribution in [0.2, 0.25) is 5.02 Å². The van der Waals surface area contributed by atoms with Crippen LogP contribution < -0.4 is 5.32 Å². The van der Waals surface area contributed by atoms with E-state index in [0.29, 0.717) is 11.4 Å². The first-order chi connectivity index (χ1) is 12.6. The van der Waals surface area contributed by atoms with Gasteiger partial charge in [0.15, 0.2) is 0 Å². The number of hydrogen-bond acceptors (Lipinski definition) is 3. The van der Waals surface area contributed by atoms with Crippen molar-refractivity contribution in [1.82, 2.24) is 9.97 Å². The highest BCUT2D eigenvalue weighted by molar-refractivity contribution is 6.30. The van der Waals surface area contributed by atoms with Crippen LogP contribution in [0.1, 0.15) is 40.5 Å². The molecule has 0 unspecified atom stereocenters. The van der Waals surface area contributed by atoms with Crippen molar-refractivity contribution in [3.05, 3.63) is 88.3 Å². The fraction of sp³-hybridized carbons (Fsp3) is 0.190. The van der Waals surface area contributed by atoms with Gasteiger partial charge in [0.2, 0.25) is 0 Å². The topological polar surface area (TPSA) is 54.9 Å². The van der Waals surface area contributed by atoms with Gasteiger partial charge in [-0.1, -0.05) is 43.1 Å². The second kappa shape index (κ2) is 8.59. The van der Waals surface area contributed by atoms with Crippen LogP contribution in [0.3, 0.4) is 0 Å². The van der Waals surface area contributed by atoms with E-state index in [1.807, 2.05) is 36.4 Å². The summed E-state index contributed by atoms with van der Waals surface area (Å²) in [6.45, 7) is 2.10. The summed E-state index contributed by atoms with van der Waals surface area (Å²) in [5.74, 6) is 0.304. The maximum Gasteiger partial charge on any atom is 0.258 e. The van der Waals surface area contributed by atoms with Crippen LogP contribution in [0.25, 0.3) is 0 Å². The van der Waals surface area contributed by atoms with Gasteiger partial charge in [0.25, 0.3) is 5.91 Å². The Morgan fingerprint density at radius 2 is 1.92 bits per heavy atom. The Morgan fingerprint density at radius 1 is 1.04 bits per heavy atom. The summed E-state index contributed by atoms with van der Waals surface area (Å²) in [6.07, 6.45) is 6.05. The number of benzene rings is 1. The number of halogens is 1. The van der Waals surface area contributed by atoms with E-state index in [9.17, 15) is 4.79 Å². The number of rotatable bonds is 6. The molecule has 0 aliphatic carbocycles. The number of aryl methyl sites for hydroxylation is 1. The Bertz CT molecular complexity index is 877. The number of anilines is 1. The van der Waals surface area contributed by atoms with Gasteiger partial charge in [0.05, 0.1) is 5.56 Å². The van der Waals surface area contributed by atoms with Crippen LogP contribution in [0.5, 0.6) is 0 Å². The molecule has 1 amide bonds. The van der Waals surface area contributed by atoms with Gasteiger partial charge in [-0.3, -0.25) is 9.78 Å². The minimum atomic E-state index is -0.212. The number of hydrogen-bond donors (Lipinski definition) is 1. The largest absolute Gasteiger partial charge is 0.307 e. The van der Waals surface area contributed by atoms with Gasteiger partial charge in [-0.25, -0.2) is 4.98 Å². The van der Waals surface area contributed by atoms with Crippen molar-refractivity contribution in [3.8, 4) is 0 Å². The van der Waals surface area contributed by atoms with Gasteiger partial charge in [0.1, 0.15) is 5.82 Å². The van der Waals surface area contributed by atoms with Crippen LogP contribution in [-0.2, 0) is 12.8 Å². The molecular formula is C21H20ClN3O. The van der Waals surface area contributed by atoms with Gasteiger partial charge >= 0.3 is 0 Å². The third-order valence-corrected chi connectivity index (χ3v) is 4.19. The maximum atomic E-state index is 12.3. The third-order valence-electron chi connectivity index (χ3n) is 3.96. The Morgan fingerprint density at radius 3 is 2.58 bits per heavy atom. The lowest BCUT2D eigenvalue weighted by Crippen LogP contribution is -2.13. The second-order valence-corrected chi connectivity index (χ2v) is 6.54. The molecule has 0 fully saturated rings. The maximum absolute atomic E-state index is 12.3. The predicted octanol–water partition coefficient (Wildman–Crippen LogP) is 4.93. The molecule has 2 aromatic heterocycles. The van der Waals surface area contributed by atoms with Gasteiger partial charge in [0, 0.05) is 23.1 Å². The predicted molar refractivity (Wildman–Crippen MR) is 105 cm³/mol. The summed E-state index contributed by atoms with van der Waals surface area (Å²) in [7, 11) is 0. The van der Waals surface area contributed by atoms with E-state index >= 15 is 0 Å². The smallest absolute Gasteiger partial charge is 0.258 e. The third kappa shape index (κ3) is 4.90. The molecule has 0 saturated heterocycles. The molecule has 0 aliphatic heterocycles. The molecule has 0 aliphatic rings. The van der Waals surface area contributed by atoms with E-state index in [2.05, 4.69) is 22.2 Å². The minimum absolute atomic E-state index is 0.212. The van der Waals surface area contributed by atoms with Gasteiger partial charge in [-0.2, -0.15) is 0 Å². The number of pyridine rings is 2. The Kier molecular flexibility index (Phi) is 5.97. The fourth-order valence-corrected chi connectivity index (χ4v) is 2.85. The molecule has 1 N–H and O–H groups in total. The van der Waals surface area contributed by atoms with Crippen molar-refractivity contribution in [2.45, 2.75) is 26.2 Å². The lowest BCUT2D eigenvalue weighted by atomic mass is 10.1. The number of carbonyl (C=O) groups excluding carboxylic acids is 1. The highest BCUT2D eigenvalue weighted by Gasteiger charge is 2.08. The zero-order valence-corrected chi connectivity index (χ0v) is 15.3. The van der Waals surface area contributed by atoms with Crippen LogP contribution >= 0.6 is 11.6 Å². The van der Waals surface area contributed by atoms with E-state index < -0.39 is 0 Å². The molecule has 0 spiro atoms. The highest BCUT2D eigenvalue weighted by atomic mass is 35.5. The Balaban J connectivity index is 1.62. The molecule has 4 nitrogen and oxygen atoms in total. The minimum Gasteiger partial charge on any atom is -0.307 e. The van der Waals surface area contributed by atoms with E-state index in [0.717, 1.165) is 41.1 Å². The number of aromatic nitrogens is 2. The van der Waals surface area contributed by atoms with E-state index in [1.165, 1.54) is 0 Å². The quantitative estimate of drug-likeness (QED) is 0.674. The zero-order chi connectivity index (χ0) is 18.4. The number of amides is 1. The molecule has 5 heteroatoms. The number of nitrogens with one attached hydrogen (secondary N) is 1. The number of nitrogens with zero attached hydrogens (tertiary/aromatic N) is 2. The summed E-state index contributed by atoms with van der Waals surface area (Å²) in [6, 6.07) is 15.2. The van der Waals surface area contributed by atoms with E-state index in [1.54, 1.807) is 24.5 Å². The molecule has 1 aromatic carbocycles. The van der Waals surface area contributed by atoms with Gasteiger partial charge < -0.3 is 5.32 Å². The molecule has 3 aromatic rings. The van der Waals surface area contributed by atoms with E-state index in [-0.39, 0.29) is 5.91 Å². The van der Waals surface area contributed by atoms with Crippen molar-refractivity contribution < 1.29 is 4.79 Å². The lowest BCUT2D eigenvalue weighted by Gasteiger charge is -2.07. The molecule has 132 valence electrons. The van der Waals surface area contributed by atoms with Crippen LogP contribution in [0.15, 0.2) is 60.9 Å². The first-order valence-electron chi connectivity index (χ1n) is 8.59. The molecule has 0 saturated carbocycles. The fourth-order valence-electron chi connectivity index (χ4n) is 2.64. The SMILES string of the molecule is CCCc1ccc(C(=O)Nc2ccc(Cc3cccc(Cl)c3)cn2)cn1. The molecule has 0 atom stereocenters. The van der Waals surface area contributed by atoms with Crippen molar-refractivity contribution in [3.63, 3.8) is 0 Å². The monoisotopic (exact) mass is 365 g/mol. The molecule has 0 radical (unpaired) electrons. The van der Waals surface area contributed by atoms with Crippen molar-refractivity contribution in [2.75, 3.05) is 5.32 Å². The average molecular weight is 366 g/mol. The molecule has 2 heterocycles. The van der Waals surface area contributed by atoms with Crippen molar-refractivity contribution in [1.29, 1.82) is 0 Å². The average Bonchev–Trinajstić information content (AvgIpc) is 2.64. The molecule has 3 rings (SSSR count). The van der Waals surface area contributed by atoms with Crippen LogP contribution in [0.4, 0.5) is 5.82 Å².